The minimum absolute atomic E-state index is 0. The molecule has 0 atom stereocenters. The van der Waals surface area contributed by atoms with E-state index in [2.05, 4.69) is 54.6 Å². The summed E-state index contributed by atoms with van der Waals surface area (Å²) in [5.41, 5.74) is 4.53. The summed E-state index contributed by atoms with van der Waals surface area (Å²) in [5.74, 6) is 2.06. The van der Waals surface area contributed by atoms with E-state index in [1.807, 2.05) is 24.3 Å². The first kappa shape index (κ1) is 21.4. The normalized spacial score (nSPS) is 13.3. The fourth-order valence-corrected chi connectivity index (χ4v) is 4.14. The third-order valence-corrected chi connectivity index (χ3v) is 5.60. The van der Waals surface area contributed by atoms with Gasteiger partial charge in [-0.25, -0.2) is 4.99 Å². The Hall–Kier alpha value is -2.31. The second kappa shape index (κ2) is 9.46. The number of benzene rings is 2. The fourth-order valence-electron chi connectivity index (χ4n) is 3.21. The van der Waals surface area contributed by atoms with E-state index >= 15 is 0 Å². The molecule has 3 aromatic rings. The Morgan fingerprint density at radius 1 is 1.10 bits per heavy atom. The molecule has 6 heteroatoms. The van der Waals surface area contributed by atoms with Crippen LogP contribution in [0.25, 0.3) is 11.3 Å². The van der Waals surface area contributed by atoms with Crippen LogP contribution in [0.4, 0.5) is 5.69 Å². The van der Waals surface area contributed by atoms with Crippen LogP contribution in [0.3, 0.4) is 0 Å². The zero-order valence-corrected chi connectivity index (χ0v) is 19.2. The van der Waals surface area contributed by atoms with Crippen molar-refractivity contribution in [1.29, 1.82) is 0 Å². The highest BCUT2D eigenvalue weighted by Gasteiger charge is 2.12. The summed E-state index contributed by atoms with van der Waals surface area (Å²) >= 11 is 1.63. The monoisotopic (exact) mass is 472 g/mol. The van der Waals surface area contributed by atoms with Crippen molar-refractivity contribution in [1.82, 2.24) is 4.57 Å². The number of halogens is 1. The lowest BCUT2D eigenvalue weighted by molar-refractivity contribution is 0.171. The van der Waals surface area contributed by atoms with Gasteiger partial charge in [-0.1, -0.05) is 44.2 Å². The first-order chi connectivity index (χ1) is 13.7. The van der Waals surface area contributed by atoms with Crippen molar-refractivity contribution in [3.05, 3.63) is 70.9 Å². The van der Waals surface area contributed by atoms with Crippen LogP contribution in [-0.4, -0.2) is 17.8 Å². The number of hydrogen-bond acceptors (Lipinski definition) is 4. The van der Waals surface area contributed by atoms with Gasteiger partial charge >= 0.3 is 0 Å². The van der Waals surface area contributed by atoms with Gasteiger partial charge in [0.05, 0.1) is 11.4 Å². The van der Waals surface area contributed by atoms with Crippen LogP contribution >= 0.6 is 28.3 Å². The summed E-state index contributed by atoms with van der Waals surface area (Å²) in [6, 6.07) is 14.6. The van der Waals surface area contributed by atoms with Gasteiger partial charge in [-0.05, 0) is 29.2 Å². The molecule has 0 saturated heterocycles. The molecule has 0 unspecified atom stereocenters. The lowest BCUT2D eigenvalue weighted by Crippen LogP contribution is -2.16. The summed E-state index contributed by atoms with van der Waals surface area (Å²) in [6.07, 6.45) is 1.90. The Bertz CT molecular complexity index is 1050. The molecule has 2 aromatic carbocycles. The highest BCUT2D eigenvalue weighted by Crippen LogP contribution is 2.33. The van der Waals surface area contributed by atoms with Crippen molar-refractivity contribution < 1.29 is 9.47 Å². The van der Waals surface area contributed by atoms with Crippen molar-refractivity contribution in [3.8, 4) is 22.8 Å². The highest BCUT2D eigenvalue weighted by molar-refractivity contribution is 8.93. The van der Waals surface area contributed by atoms with Crippen LogP contribution in [-0.2, 0) is 6.54 Å². The van der Waals surface area contributed by atoms with Gasteiger partial charge in [0.15, 0.2) is 16.3 Å². The molecular weight excluding hydrogens is 448 g/mol. The van der Waals surface area contributed by atoms with Crippen LogP contribution in [0, 0.1) is 0 Å². The third kappa shape index (κ3) is 4.65. The van der Waals surface area contributed by atoms with Crippen molar-refractivity contribution in [3.63, 3.8) is 0 Å². The largest absolute Gasteiger partial charge is 0.486 e. The Kier molecular flexibility index (Phi) is 6.98. The SMILES string of the molecule is Br.C=CCn1c(-c2ccc(C(C)C)cc2)csc1=Nc1ccc2c(c1)OCCO2. The van der Waals surface area contributed by atoms with E-state index in [4.69, 9.17) is 14.5 Å². The van der Waals surface area contributed by atoms with E-state index in [1.165, 1.54) is 11.1 Å². The van der Waals surface area contributed by atoms with E-state index in [0.29, 0.717) is 25.7 Å². The van der Waals surface area contributed by atoms with Crippen molar-refractivity contribution in [2.24, 2.45) is 4.99 Å². The number of allylic oxidation sites excluding steroid dienone is 1. The smallest absolute Gasteiger partial charge is 0.190 e. The molecular formula is C23H25BrN2O2S. The topological polar surface area (TPSA) is 35.8 Å². The minimum Gasteiger partial charge on any atom is -0.486 e. The highest BCUT2D eigenvalue weighted by atomic mass is 79.9. The number of aromatic nitrogens is 1. The molecule has 152 valence electrons. The average molecular weight is 473 g/mol. The second-order valence-electron chi connectivity index (χ2n) is 7.02. The number of rotatable bonds is 5. The Labute approximate surface area is 185 Å². The molecule has 0 aliphatic carbocycles. The summed E-state index contributed by atoms with van der Waals surface area (Å²) < 4.78 is 13.5. The van der Waals surface area contributed by atoms with Gasteiger partial charge in [0.25, 0.3) is 0 Å². The van der Waals surface area contributed by atoms with Crippen LogP contribution in [0.5, 0.6) is 11.5 Å². The molecule has 0 amide bonds. The van der Waals surface area contributed by atoms with Gasteiger partial charge in [0, 0.05) is 18.0 Å². The summed E-state index contributed by atoms with van der Waals surface area (Å²) in [5, 5.41) is 2.16. The second-order valence-corrected chi connectivity index (χ2v) is 7.86. The van der Waals surface area contributed by atoms with Gasteiger partial charge in [-0.3, -0.25) is 0 Å². The van der Waals surface area contributed by atoms with Crippen molar-refractivity contribution in [2.45, 2.75) is 26.3 Å². The molecule has 4 rings (SSSR count). The maximum atomic E-state index is 5.68. The van der Waals surface area contributed by atoms with Crippen LogP contribution in [0.2, 0.25) is 0 Å². The molecule has 1 aliphatic heterocycles. The van der Waals surface area contributed by atoms with E-state index < -0.39 is 0 Å². The van der Waals surface area contributed by atoms with Crippen molar-refractivity contribution in [2.75, 3.05) is 13.2 Å². The van der Waals surface area contributed by atoms with Crippen LogP contribution in [0.15, 0.2) is 65.5 Å². The molecule has 1 aliphatic rings. The number of hydrogen-bond donors (Lipinski definition) is 0. The minimum atomic E-state index is 0. The number of ether oxygens (including phenoxy) is 2. The summed E-state index contributed by atoms with van der Waals surface area (Å²) in [7, 11) is 0. The molecule has 29 heavy (non-hydrogen) atoms. The van der Waals surface area contributed by atoms with E-state index in [0.717, 1.165) is 27.7 Å². The Morgan fingerprint density at radius 2 is 1.83 bits per heavy atom. The van der Waals surface area contributed by atoms with Crippen LogP contribution in [0.1, 0.15) is 25.3 Å². The van der Waals surface area contributed by atoms with Gasteiger partial charge in [-0.2, -0.15) is 0 Å². The van der Waals surface area contributed by atoms with Crippen LogP contribution < -0.4 is 14.3 Å². The van der Waals surface area contributed by atoms with E-state index in [9.17, 15) is 0 Å². The molecule has 2 heterocycles. The zero-order valence-electron chi connectivity index (χ0n) is 16.6. The zero-order chi connectivity index (χ0) is 19.5. The van der Waals surface area contributed by atoms with Gasteiger partial charge in [0.2, 0.25) is 0 Å². The number of nitrogens with zero attached hydrogens (tertiary/aromatic N) is 2. The first-order valence-corrected chi connectivity index (χ1v) is 10.4. The van der Waals surface area contributed by atoms with E-state index in [-0.39, 0.29) is 17.0 Å². The predicted molar refractivity (Wildman–Crippen MR) is 125 cm³/mol. The number of fused-ring (bicyclic) bond motifs is 1. The summed E-state index contributed by atoms with van der Waals surface area (Å²) in [6.45, 7) is 10.2. The summed E-state index contributed by atoms with van der Waals surface area (Å²) in [4.78, 5) is 5.79. The molecule has 0 spiro atoms. The number of thiazole rings is 1. The first-order valence-electron chi connectivity index (χ1n) is 9.49. The molecule has 0 saturated carbocycles. The molecule has 0 N–H and O–H groups in total. The predicted octanol–water partition coefficient (Wildman–Crippen LogP) is 6.11. The molecule has 4 nitrogen and oxygen atoms in total. The quantitative estimate of drug-likeness (QED) is 0.420. The van der Waals surface area contributed by atoms with Gasteiger partial charge in [-0.15, -0.1) is 34.9 Å². The molecule has 0 radical (unpaired) electrons. The lowest BCUT2D eigenvalue weighted by Gasteiger charge is -2.18. The maximum Gasteiger partial charge on any atom is 0.190 e. The molecule has 1 aromatic heterocycles. The Morgan fingerprint density at radius 3 is 2.52 bits per heavy atom. The fraction of sp³-hybridized carbons (Fsp3) is 0.261. The third-order valence-electron chi connectivity index (χ3n) is 4.73. The van der Waals surface area contributed by atoms with Gasteiger partial charge in [0.1, 0.15) is 13.2 Å². The van der Waals surface area contributed by atoms with E-state index in [1.54, 1.807) is 11.3 Å². The maximum absolute atomic E-state index is 5.68. The Balaban J connectivity index is 0.00000240. The van der Waals surface area contributed by atoms with Gasteiger partial charge < -0.3 is 14.0 Å². The average Bonchev–Trinajstić information content (AvgIpc) is 3.10. The molecule has 0 bridgehead atoms. The lowest BCUT2D eigenvalue weighted by atomic mass is 10.0. The molecule has 0 fully saturated rings. The van der Waals surface area contributed by atoms with Crippen molar-refractivity contribution >= 4 is 34.0 Å². The standard InChI is InChI=1S/C23H24N2O2S.BrH/c1-4-11-25-20(18-7-5-17(6-8-18)16(2)3)15-28-23(25)24-19-9-10-21-22(14-19)27-13-12-26-21;/h4-10,14-16H,1,11-13H2,2-3H3;1H.